The van der Waals surface area contributed by atoms with Crippen LogP contribution in [-0.2, 0) is 0 Å². The fourth-order valence-corrected chi connectivity index (χ4v) is 3.09. The van der Waals surface area contributed by atoms with Crippen LogP contribution in [0.15, 0.2) is 36.5 Å². The molecule has 1 aromatic heterocycles. The van der Waals surface area contributed by atoms with E-state index in [2.05, 4.69) is 36.2 Å². The molecule has 1 aliphatic carbocycles. The maximum Gasteiger partial charge on any atom is 0.0704 e. The molecule has 3 atom stereocenters. The van der Waals surface area contributed by atoms with Crippen LogP contribution in [0.5, 0.6) is 0 Å². The Balaban J connectivity index is 2.11. The van der Waals surface area contributed by atoms with Gasteiger partial charge in [0.2, 0.25) is 0 Å². The van der Waals surface area contributed by atoms with Crippen LogP contribution in [0, 0.1) is 5.92 Å². The molecule has 0 aliphatic heterocycles. The molecule has 1 aromatic carbocycles. The Morgan fingerprint density at radius 2 is 2.06 bits per heavy atom. The minimum absolute atomic E-state index is 0.354. The van der Waals surface area contributed by atoms with Crippen molar-refractivity contribution < 1.29 is 0 Å². The van der Waals surface area contributed by atoms with Gasteiger partial charge in [-0.15, -0.1) is 0 Å². The van der Waals surface area contributed by atoms with E-state index in [9.17, 15) is 0 Å². The molecule has 1 heterocycles. The first kappa shape index (κ1) is 10.7. The van der Waals surface area contributed by atoms with E-state index in [-0.39, 0.29) is 0 Å². The van der Waals surface area contributed by atoms with E-state index in [1.807, 2.05) is 12.3 Å². The topological polar surface area (TPSA) is 38.9 Å². The number of nitrogens with zero attached hydrogens (tertiary/aromatic N) is 1. The minimum atomic E-state index is 0.354. The van der Waals surface area contributed by atoms with Crippen molar-refractivity contribution in [1.29, 1.82) is 0 Å². The molecule has 3 unspecified atom stereocenters. The molecule has 2 N–H and O–H groups in total. The van der Waals surface area contributed by atoms with Crippen molar-refractivity contribution in [2.24, 2.45) is 11.7 Å². The third-order valence-corrected chi connectivity index (χ3v) is 4.20. The van der Waals surface area contributed by atoms with Crippen molar-refractivity contribution in [3.8, 4) is 0 Å². The Hall–Kier alpha value is -1.41. The first-order valence-corrected chi connectivity index (χ1v) is 6.36. The summed E-state index contributed by atoms with van der Waals surface area (Å²) in [6, 6.07) is 11.0. The number of rotatable bonds is 1. The van der Waals surface area contributed by atoms with Crippen molar-refractivity contribution >= 4 is 10.9 Å². The maximum absolute atomic E-state index is 6.13. The normalized spacial score (nSPS) is 28.7. The molecule has 0 amide bonds. The van der Waals surface area contributed by atoms with Crippen molar-refractivity contribution in [1.82, 2.24) is 4.98 Å². The van der Waals surface area contributed by atoms with Gasteiger partial charge in [0.15, 0.2) is 0 Å². The largest absolute Gasteiger partial charge is 0.327 e. The Bertz CT molecular complexity index is 530. The van der Waals surface area contributed by atoms with E-state index in [0.29, 0.717) is 17.9 Å². The fourth-order valence-electron chi connectivity index (χ4n) is 3.09. The van der Waals surface area contributed by atoms with E-state index >= 15 is 0 Å². The first-order chi connectivity index (χ1) is 8.27. The zero-order valence-corrected chi connectivity index (χ0v) is 10.1. The monoisotopic (exact) mass is 226 g/mol. The molecule has 2 nitrogen and oxygen atoms in total. The average Bonchev–Trinajstić information content (AvgIpc) is 2.69. The molecule has 0 spiro atoms. The second-order valence-corrected chi connectivity index (χ2v) is 5.12. The number of hydrogen-bond donors (Lipinski definition) is 1. The maximum atomic E-state index is 6.13. The Labute approximate surface area is 102 Å². The van der Waals surface area contributed by atoms with Crippen LogP contribution in [0.25, 0.3) is 10.9 Å². The number of hydrogen-bond acceptors (Lipinski definition) is 2. The van der Waals surface area contributed by atoms with Gasteiger partial charge in [-0.25, -0.2) is 0 Å². The molecule has 3 rings (SSSR count). The van der Waals surface area contributed by atoms with Gasteiger partial charge in [-0.2, -0.15) is 0 Å². The van der Waals surface area contributed by atoms with E-state index < -0.39 is 0 Å². The first-order valence-electron chi connectivity index (χ1n) is 6.36. The highest BCUT2D eigenvalue weighted by Gasteiger charge is 2.32. The van der Waals surface area contributed by atoms with Gasteiger partial charge in [0, 0.05) is 17.6 Å². The summed E-state index contributed by atoms with van der Waals surface area (Å²) in [5.41, 5.74) is 8.66. The number of pyridine rings is 1. The lowest BCUT2D eigenvalue weighted by Gasteiger charge is -2.19. The van der Waals surface area contributed by atoms with Crippen LogP contribution in [0.2, 0.25) is 0 Å². The minimum Gasteiger partial charge on any atom is -0.327 e. The third-order valence-electron chi connectivity index (χ3n) is 4.20. The van der Waals surface area contributed by atoms with Gasteiger partial charge in [-0.1, -0.05) is 25.1 Å². The molecular weight excluding hydrogens is 208 g/mol. The summed E-state index contributed by atoms with van der Waals surface area (Å²) in [6.07, 6.45) is 4.20. The molecule has 1 aliphatic rings. The molecular formula is C15H18N2. The van der Waals surface area contributed by atoms with Crippen molar-refractivity contribution in [3.63, 3.8) is 0 Å². The molecule has 17 heavy (non-hydrogen) atoms. The summed E-state index contributed by atoms with van der Waals surface area (Å²) in [5.74, 6) is 1.17. The summed E-state index contributed by atoms with van der Waals surface area (Å²) in [7, 11) is 0. The zero-order valence-electron chi connectivity index (χ0n) is 10.1. The van der Waals surface area contributed by atoms with Gasteiger partial charge in [-0.3, -0.25) is 4.98 Å². The third kappa shape index (κ3) is 1.73. The summed E-state index contributed by atoms with van der Waals surface area (Å²) in [5, 5.41) is 1.29. The van der Waals surface area contributed by atoms with Crippen LogP contribution >= 0.6 is 0 Å². The van der Waals surface area contributed by atoms with Crippen LogP contribution in [0.1, 0.15) is 31.2 Å². The van der Waals surface area contributed by atoms with E-state index in [4.69, 9.17) is 5.73 Å². The smallest absolute Gasteiger partial charge is 0.0704 e. The van der Waals surface area contributed by atoms with Crippen molar-refractivity contribution in [2.75, 3.05) is 0 Å². The SMILES string of the molecule is CC1C(N)CCC1c1cccc2ncccc12. The quantitative estimate of drug-likeness (QED) is 0.811. The summed E-state index contributed by atoms with van der Waals surface area (Å²) in [6.45, 7) is 2.28. The molecule has 1 saturated carbocycles. The summed E-state index contributed by atoms with van der Waals surface area (Å²) < 4.78 is 0. The number of nitrogens with two attached hydrogens (primary N) is 1. The van der Waals surface area contributed by atoms with Gasteiger partial charge in [0.1, 0.15) is 0 Å². The van der Waals surface area contributed by atoms with Crippen molar-refractivity contribution in [3.05, 3.63) is 42.1 Å². The van der Waals surface area contributed by atoms with E-state index in [1.54, 1.807) is 0 Å². The predicted molar refractivity (Wildman–Crippen MR) is 70.9 cm³/mol. The second kappa shape index (κ2) is 4.11. The van der Waals surface area contributed by atoms with Gasteiger partial charge >= 0.3 is 0 Å². The molecule has 0 bridgehead atoms. The van der Waals surface area contributed by atoms with E-state index in [0.717, 1.165) is 11.9 Å². The van der Waals surface area contributed by atoms with E-state index in [1.165, 1.54) is 17.4 Å². The van der Waals surface area contributed by atoms with Gasteiger partial charge < -0.3 is 5.73 Å². The average molecular weight is 226 g/mol. The highest BCUT2D eigenvalue weighted by molar-refractivity contribution is 5.82. The van der Waals surface area contributed by atoms with Crippen LogP contribution in [0.4, 0.5) is 0 Å². The lowest BCUT2D eigenvalue weighted by Crippen LogP contribution is -2.24. The highest BCUT2D eigenvalue weighted by Crippen LogP contribution is 2.40. The van der Waals surface area contributed by atoms with Crippen LogP contribution < -0.4 is 5.73 Å². The summed E-state index contributed by atoms with van der Waals surface area (Å²) in [4.78, 5) is 4.43. The molecule has 88 valence electrons. The lowest BCUT2D eigenvalue weighted by molar-refractivity contribution is 0.481. The molecule has 1 fully saturated rings. The Kier molecular flexibility index (Phi) is 2.60. The van der Waals surface area contributed by atoms with Gasteiger partial charge in [0.05, 0.1) is 5.52 Å². The highest BCUT2D eigenvalue weighted by atomic mass is 14.7. The predicted octanol–water partition coefficient (Wildman–Crippen LogP) is 3.08. The van der Waals surface area contributed by atoms with Crippen LogP contribution in [-0.4, -0.2) is 11.0 Å². The Morgan fingerprint density at radius 3 is 2.82 bits per heavy atom. The molecule has 2 heteroatoms. The number of benzene rings is 1. The second-order valence-electron chi connectivity index (χ2n) is 5.12. The molecule has 0 saturated heterocycles. The Morgan fingerprint density at radius 1 is 1.18 bits per heavy atom. The van der Waals surface area contributed by atoms with Gasteiger partial charge in [0.25, 0.3) is 0 Å². The lowest BCUT2D eigenvalue weighted by atomic mass is 9.87. The number of aromatic nitrogens is 1. The van der Waals surface area contributed by atoms with Crippen molar-refractivity contribution in [2.45, 2.75) is 31.7 Å². The number of fused-ring (bicyclic) bond motifs is 1. The fraction of sp³-hybridized carbons (Fsp3) is 0.400. The zero-order chi connectivity index (χ0) is 11.8. The standard InChI is InChI=1S/C15H18N2/c1-10-11(7-8-14(10)16)12-4-2-6-15-13(12)5-3-9-17-15/h2-6,9-11,14H,7-8,16H2,1H3. The molecule has 0 radical (unpaired) electrons. The van der Waals surface area contributed by atoms with Crippen LogP contribution in [0.3, 0.4) is 0 Å². The summed E-state index contributed by atoms with van der Waals surface area (Å²) >= 11 is 0. The molecule has 2 aromatic rings. The van der Waals surface area contributed by atoms with Gasteiger partial charge in [-0.05, 0) is 42.4 Å².